The van der Waals surface area contributed by atoms with Crippen LogP contribution in [0.15, 0.2) is 60.8 Å². The summed E-state index contributed by atoms with van der Waals surface area (Å²) in [5.41, 5.74) is 11.8. The number of fused-ring (bicyclic) bond motifs is 8. The second-order valence-electron chi connectivity index (χ2n) is 22.8. The molecular weight excluding hydrogens is 1070 g/mol. The molecule has 452 valence electrons. The SMILES string of the molecule is CC[C@H](NC(=O)[C@H]1C[C@@H](NC(=O)CCOCCOCCOCCOCCC(=O)CCCn2nc3c(c2C)-c2cnc(N)c(c2)N2CCC[C@@H]2c2cc(F)ccc2C(=O)N(C)C3)CN1C(=O)[C@H](NC(=O)[C@@H](C)NC)C(C)(C)C)c1ccccc1. The molecule has 0 aliphatic carbocycles. The number of likely N-dealkylation sites (N-methyl/N-ethyl adjacent to an activating group) is 1. The molecule has 0 spiro atoms. The van der Waals surface area contributed by atoms with Crippen molar-refractivity contribution in [2.24, 2.45) is 5.41 Å². The van der Waals surface area contributed by atoms with Gasteiger partial charge in [-0.1, -0.05) is 58.0 Å². The number of amides is 5. The molecule has 22 heteroatoms. The summed E-state index contributed by atoms with van der Waals surface area (Å²) in [5, 5.41) is 16.9. The number of hydrogen-bond acceptors (Lipinski definition) is 15. The Morgan fingerprint density at radius 3 is 2.23 bits per heavy atom. The molecule has 6 N–H and O–H groups in total. The number of benzene rings is 2. The van der Waals surface area contributed by atoms with E-state index in [1.165, 1.54) is 17.0 Å². The van der Waals surface area contributed by atoms with Crippen LogP contribution in [0.2, 0.25) is 0 Å². The Kier molecular flexibility index (Phi) is 23.1. The summed E-state index contributed by atoms with van der Waals surface area (Å²) in [6, 6.07) is 12.6. The Morgan fingerprint density at radius 2 is 1.57 bits per heavy atom. The van der Waals surface area contributed by atoms with Gasteiger partial charge >= 0.3 is 0 Å². The number of likely N-dealkylation sites (tertiary alicyclic amines) is 1. The van der Waals surface area contributed by atoms with Crippen molar-refractivity contribution in [2.45, 2.75) is 142 Å². The number of aryl methyl sites for hydroxylation is 1. The Morgan fingerprint density at radius 1 is 0.892 bits per heavy atom. The number of carbonyl (C=O) groups is 6. The summed E-state index contributed by atoms with van der Waals surface area (Å²) in [4.78, 5) is 91.3. The average molecular weight is 1150 g/mol. The average Bonchev–Trinajstić information content (AvgIpc) is 4.03. The highest BCUT2D eigenvalue weighted by molar-refractivity contribution is 5.96. The molecule has 21 nitrogen and oxygen atoms in total. The number of nitrogens with zero attached hydrogens (tertiary/aromatic N) is 6. The summed E-state index contributed by atoms with van der Waals surface area (Å²) in [7, 11) is 3.39. The van der Waals surface area contributed by atoms with Gasteiger partial charge in [-0.15, -0.1) is 0 Å². The number of ketones is 1. The van der Waals surface area contributed by atoms with E-state index in [-0.39, 0.29) is 93.7 Å². The molecule has 0 saturated carbocycles. The summed E-state index contributed by atoms with van der Waals surface area (Å²) >= 11 is 0. The lowest BCUT2D eigenvalue weighted by Gasteiger charge is -2.36. The van der Waals surface area contributed by atoms with E-state index < -0.39 is 41.3 Å². The molecule has 6 atom stereocenters. The molecule has 0 unspecified atom stereocenters. The van der Waals surface area contributed by atoms with Crippen LogP contribution in [-0.2, 0) is 56.0 Å². The minimum absolute atomic E-state index is 0.0631. The molecular formula is C61H86FN11O10. The summed E-state index contributed by atoms with van der Waals surface area (Å²) < 4.78 is 39.2. The van der Waals surface area contributed by atoms with Crippen LogP contribution in [0.1, 0.15) is 131 Å². The molecule has 2 aromatic heterocycles. The molecule has 7 rings (SSSR count). The molecule has 5 heterocycles. The van der Waals surface area contributed by atoms with Crippen molar-refractivity contribution < 1.29 is 52.1 Å². The third kappa shape index (κ3) is 16.9. The molecule has 3 aliphatic rings. The highest BCUT2D eigenvalue weighted by Gasteiger charge is 2.46. The molecule has 0 radical (unpaired) electrons. The Labute approximate surface area is 487 Å². The number of pyridine rings is 1. The maximum absolute atomic E-state index is 14.7. The molecule has 2 fully saturated rings. The van der Waals surface area contributed by atoms with Gasteiger partial charge in [0.2, 0.25) is 23.6 Å². The quantitative estimate of drug-likeness (QED) is 0.0435. The van der Waals surface area contributed by atoms with Crippen molar-refractivity contribution in [2.75, 3.05) is 90.7 Å². The summed E-state index contributed by atoms with van der Waals surface area (Å²) in [6.07, 6.45) is 5.38. The first kappa shape index (κ1) is 63.7. The van der Waals surface area contributed by atoms with Crippen LogP contribution in [0.3, 0.4) is 0 Å². The van der Waals surface area contributed by atoms with Gasteiger partial charge in [0.1, 0.15) is 29.5 Å². The first-order valence-electron chi connectivity index (χ1n) is 29.2. The van der Waals surface area contributed by atoms with Crippen LogP contribution in [0.5, 0.6) is 0 Å². The predicted octanol–water partition coefficient (Wildman–Crippen LogP) is 5.59. The monoisotopic (exact) mass is 1150 g/mol. The van der Waals surface area contributed by atoms with Crippen LogP contribution in [0.25, 0.3) is 11.1 Å². The fourth-order valence-electron chi connectivity index (χ4n) is 11.0. The first-order valence-corrected chi connectivity index (χ1v) is 29.2. The standard InChI is InChI=1S/C61H86FN11O10/c1-9-48(41-15-11-10-12-16-41)67-58(77)52-35-44(37-72(52)60(79)55(61(4,5)6)68-57(76)39(2)64-7)66-53(75)22-26-81-28-30-83-32-31-82-29-27-80-25-21-45(74)17-13-24-73-40(3)54-42-33-51(56(63)65-36-42)71-23-14-18-50(71)47-34-43(62)19-20-46(47)59(78)70(8)38-49(54)69-73/h10-12,15-16,19-20,33-34,36,39,44,48,50,52,55,64H,9,13-14,17-18,21-32,35,37-38H2,1-8H3,(H2,63,65)(H,66,75)(H,67,77)(H,68,76)/t39-,44-,48+,50-,52-,55+/m1/s1. The highest BCUT2D eigenvalue weighted by atomic mass is 19.1. The van der Waals surface area contributed by atoms with Crippen molar-refractivity contribution in [3.63, 3.8) is 0 Å². The Hall–Kier alpha value is -6.85. The topological polar surface area (TPSA) is 254 Å². The lowest BCUT2D eigenvalue weighted by molar-refractivity contribution is -0.144. The zero-order valence-electron chi connectivity index (χ0n) is 49.6. The first-order chi connectivity index (χ1) is 39.8. The van der Waals surface area contributed by atoms with Crippen LogP contribution in [-0.4, -0.2) is 164 Å². The van der Waals surface area contributed by atoms with E-state index in [2.05, 4.69) is 31.2 Å². The zero-order chi connectivity index (χ0) is 59.8. The number of nitrogens with two attached hydrogens (primary N) is 1. The smallest absolute Gasteiger partial charge is 0.254 e. The van der Waals surface area contributed by atoms with Crippen LogP contribution < -0.4 is 31.9 Å². The molecule has 2 bridgehead atoms. The highest BCUT2D eigenvalue weighted by Crippen LogP contribution is 2.43. The largest absolute Gasteiger partial charge is 0.382 e. The van der Waals surface area contributed by atoms with Gasteiger partial charge in [-0.05, 0) is 93.8 Å². The van der Waals surface area contributed by atoms with Gasteiger partial charge in [0.05, 0.1) is 88.9 Å². The van der Waals surface area contributed by atoms with Crippen LogP contribution >= 0.6 is 0 Å². The number of rotatable bonds is 28. The van der Waals surface area contributed by atoms with E-state index in [1.807, 2.05) is 75.7 Å². The minimum Gasteiger partial charge on any atom is -0.382 e. The van der Waals surface area contributed by atoms with Crippen molar-refractivity contribution in [3.05, 3.63) is 94.7 Å². The van der Waals surface area contributed by atoms with E-state index in [9.17, 15) is 33.2 Å². The van der Waals surface area contributed by atoms with Gasteiger partial charge in [-0.3, -0.25) is 33.4 Å². The van der Waals surface area contributed by atoms with E-state index in [1.54, 1.807) is 38.2 Å². The van der Waals surface area contributed by atoms with Gasteiger partial charge in [0.25, 0.3) is 5.91 Å². The van der Waals surface area contributed by atoms with Crippen molar-refractivity contribution in [3.8, 4) is 11.1 Å². The number of nitrogens with one attached hydrogen (secondary N) is 4. The van der Waals surface area contributed by atoms with E-state index in [0.717, 1.165) is 40.9 Å². The Bertz CT molecular complexity index is 2860. The second kappa shape index (κ2) is 30.1. The van der Waals surface area contributed by atoms with Gasteiger partial charge < -0.3 is 60.6 Å². The van der Waals surface area contributed by atoms with Gasteiger partial charge in [0, 0.05) is 80.6 Å². The lowest BCUT2D eigenvalue weighted by Crippen LogP contribution is -2.59. The van der Waals surface area contributed by atoms with Crippen LogP contribution in [0, 0.1) is 18.2 Å². The summed E-state index contributed by atoms with van der Waals surface area (Å²) in [6.45, 7) is 15.0. The number of hydrogen-bond donors (Lipinski definition) is 5. The summed E-state index contributed by atoms with van der Waals surface area (Å²) in [5.74, 6) is -1.55. The molecule has 2 aromatic carbocycles. The number of Topliss-reactive ketones (excluding diaryl/α,β-unsaturated/α-hetero) is 1. The van der Waals surface area contributed by atoms with Gasteiger partial charge in [-0.25, -0.2) is 9.37 Å². The number of anilines is 2. The van der Waals surface area contributed by atoms with Gasteiger partial charge in [0.15, 0.2) is 0 Å². The van der Waals surface area contributed by atoms with Crippen molar-refractivity contribution in [1.29, 1.82) is 0 Å². The maximum Gasteiger partial charge on any atom is 0.254 e. The molecule has 83 heavy (non-hydrogen) atoms. The van der Waals surface area contributed by atoms with Gasteiger partial charge in [-0.2, -0.15) is 5.10 Å². The number of aromatic nitrogens is 3. The molecule has 3 aliphatic heterocycles. The predicted molar refractivity (Wildman–Crippen MR) is 312 cm³/mol. The number of nitrogen functional groups attached to an aromatic ring is 1. The lowest BCUT2D eigenvalue weighted by atomic mass is 9.85. The minimum atomic E-state index is -0.930. The van der Waals surface area contributed by atoms with E-state index in [0.29, 0.717) is 88.0 Å². The fourth-order valence-corrected chi connectivity index (χ4v) is 11.0. The normalized spacial score (nSPS) is 18.1. The van der Waals surface area contributed by atoms with Crippen molar-refractivity contribution in [1.82, 2.24) is 45.8 Å². The number of carbonyl (C=O) groups excluding carboxylic acids is 6. The zero-order valence-corrected chi connectivity index (χ0v) is 49.6. The Balaban J connectivity index is 0.771. The van der Waals surface area contributed by atoms with E-state index >= 15 is 0 Å². The third-order valence-electron chi connectivity index (χ3n) is 15.7. The molecule has 2 saturated heterocycles. The maximum atomic E-state index is 14.7. The van der Waals surface area contributed by atoms with Crippen LogP contribution in [0.4, 0.5) is 15.9 Å². The third-order valence-corrected chi connectivity index (χ3v) is 15.7. The second-order valence-corrected chi connectivity index (χ2v) is 22.8. The number of halogens is 1. The van der Waals surface area contributed by atoms with Crippen molar-refractivity contribution >= 4 is 46.8 Å². The molecule has 4 aromatic rings. The van der Waals surface area contributed by atoms with E-state index in [4.69, 9.17) is 29.8 Å². The fraction of sp³-hybridized carbons (Fsp3) is 0.574. The number of ether oxygens (including phenoxy) is 4. The molecule has 5 amide bonds.